The van der Waals surface area contributed by atoms with E-state index in [-0.39, 0.29) is 11.8 Å². The van der Waals surface area contributed by atoms with Gasteiger partial charge in [0.2, 0.25) is 0 Å². The quantitative estimate of drug-likeness (QED) is 0.801. The molecule has 0 unspecified atom stereocenters. The van der Waals surface area contributed by atoms with E-state index in [2.05, 4.69) is 5.32 Å². The van der Waals surface area contributed by atoms with Gasteiger partial charge in [0.15, 0.2) is 0 Å². The molecule has 1 atom stereocenters. The topological polar surface area (TPSA) is 38.3 Å². The predicted octanol–water partition coefficient (Wildman–Crippen LogP) is 1.93. The van der Waals surface area contributed by atoms with Gasteiger partial charge in [-0.3, -0.25) is 4.79 Å². The molecule has 0 aliphatic heterocycles. The van der Waals surface area contributed by atoms with E-state index in [1.807, 2.05) is 31.3 Å². The van der Waals surface area contributed by atoms with Crippen molar-refractivity contribution in [2.45, 2.75) is 19.4 Å². The molecular formula is C12H17NO2. The molecule has 3 heteroatoms. The van der Waals surface area contributed by atoms with E-state index < -0.39 is 0 Å². The van der Waals surface area contributed by atoms with Crippen LogP contribution in [0.5, 0.6) is 5.75 Å². The SMILES string of the molecule is CN[C@@H](CC(C)=O)c1ccc(OC)cc1. The van der Waals surface area contributed by atoms with Crippen molar-refractivity contribution in [1.82, 2.24) is 5.32 Å². The van der Waals surface area contributed by atoms with Gasteiger partial charge in [-0.05, 0) is 31.7 Å². The Hall–Kier alpha value is -1.35. The fourth-order valence-corrected chi connectivity index (χ4v) is 1.51. The largest absolute Gasteiger partial charge is 0.497 e. The van der Waals surface area contributed by atoms with Crippen molar-refractivity contribution in [2.24, 2.45) is 0 Å². The average molecular weight is 207 g/mol. The molecule has 0 spiro atoms. The van der Waals surface area contributed by atoms with Gasteiger partial charge >= 0.3 is 0 Å². The smallest absolute Gasteiger partial charge is 0.131 e. The Labute approximate surface area is 90.4 Å². The lowest BCUT2D eigenvalue weighted by atomic mass is 10.0. The number of hydrogen-bond donors (Lipinski definition) is 1. The van der Waals surface area contributed by atoms with Crippen molar-refractivity contribution in [3.8, 4) is 5.75 Å². The molecule has 0 saturated carbocycles. The maximum atomic E-state index is 11.0. The second kappa shape index (κ2) is 5.51. The zero-order chi connectivity index (χ0) is 11.3. The second-order valence-corrected chi connectivity index (χ2v) is 3.52. The number of benzene rings is 1. The first kappa shape index (κ1) is 11.7. The van der Waals surface area contributed by atoms with Crippen molar-refractivity contribution in [3.05, 3.63) is 29.8 Å². The minimum Gasteiger partial charge on any atom is -0.497 e. The van der Waals surface area contributed by atoms with Crippen LogP contribution in [0.4, 0.5) is 0 Å². The van der Waals surface area contributed by atoms with Gasteiger partial charge in [0.1, 0.15) is 11.5 Å². The van der Waals surface area contributed by atoms with Gasteiger partial charge in [0, 0.05) is 12.5 Å². The maximum absolute atomic E-state index is 11.0. The third-order valence-electron chi connectivity index (χ3n) is 2.36. The van der Waals surface area contributed by atoms with Crippen molar-refractivity contribution >= 4 is 5.78 Å². The number of hydrogen-bond acceptors (Lipinski definition) is 3. The zero-order valence-electron chi connectivity index (χ0n) is 9.41. The number of ether oxygens (including phenoxy) is 1. The minimum atomic E-state index is 0.0911. The van der Waals surface area contributed by atoms with E-state index in [1.165, 1.54) is 0 Å². The molecule has 0 amide bonds. The van der Waals surface area contributed by atoms with E-state index in [0.29, 0.717) is 6.42 Å². The van der Waals surface area contributed by atoms with Crippen LogP contribution in [0.2, 0.25) is 0 Å². The van der Waals surface area contributed by atoms with Gasteiger partial charge in [-0.25, -0.2) is 0 Å². The number of methoxy groups -OCH3 is 1. The van der Waals surface area contributed by atoms with Crippen LogP contribution in [0.15, 0.2) is 24.3 Å². The summed E-state index contributed by atoms with van der Waals surface area (Å²) in [7, 11) is 3.50. The molecule has 0 aromatic heterocycles. The lowest BCUT2D eigenvalue weighted by molar-refractivity contribution is -0.117. The second-order valence-electron chi connectivity index (χ2n) is 3.52. The highest BCUT2D eigenvalue weighted by atomic mass is 16.5. The first-order valence-corrected chi connectivity index (χ1v) is 4.98. The molecule has 0 aliphatic carbocycles. The molecule has 0 radical (unpaired) electrons. The Morgan fingerprint density at radius 1 is 1.40 bits per heavy atom. The van der Waals surface area contributed by atoms with Crippen molar-refractivity contribution in [3.63, 3.8) is 0 Å². The lowest BCUT2D eigenvalue weighted by Gasteiger charge is -2.15. The molecular weight excluding hydrogens is 190 g/mol. The Balaban J connectivity index is 2.78. The molecule has 3 nitrogen and oxygen atoms in total. The average Bonchev–Trinajstić information content (AvgIpc) is 2.26. The van der Waals surface area contributed by atoms with E-state index in [9.17, 15) is 4.79 Å². The van der Waals surface area contributed by atoms with Gasteiger partial charge in [-0.2, -0.15) is 0 Å². The predicted molar refractivity (Wildman–Crippen MR) is 60.1 cm³/mol. The van der Waals surface area contributed by atoms with Crippen LogP contribution in [0.25, 0.3) is 0 Å². The van der Waals surface area contributed by atoms with Gasteiger partial charge in [0.05, 0.1) is 7.11 Å². The highest BCUT2D eigenvalue weighted by Gasteiger charge is 2.11. The van der Waals surface area contributed by atoms with Gasteiger partial charge in [-0.15, -0.1) is 0 Å². The summed E-state index contributed by atoms with van der Waals surface area (Å²) in [5.74, 6) is 1.02. The molecule has 1 aromatic rings. The molecule has 15 heavy (non-hydrogen) atoms. The fourth-order valence-electron chi connectivity index (χ4n) is 1.51. The normalized spacial score (nSPS) is 12.2. The zero-order valence-corrected chi connectivity index (χ0v) is 9.41. The van der Waals surface area contributed by atoms with Crippen LogP contribution in [-0.4, -0.2) is 19.9 Å². The molecule has 0 bridgehead atoms. The molecule has 1 rings (SSSR count). The van der Waals surface area contributed by atoms with Crippen LogP contribution < -0.4 is 10.1 Å². The summed E-state index contributed by atoms with van der Waals surface area (Å²) < 4.78 is 5.08. The van der Waals surface area contributed by atoms with Crippen molar-refractivity contribution in [1.29, 1.82) is 0 Å². The molecule has 0 aliphatic rings. The summed E-state index contributed by atoms with van der Waals surface area (Å²) in [5.41, 5.74) is 1.11. The van der Waals surface area contributed by atoms with E-state index in [1.54, 1.807) is 14.0 Å². The number of carbonyl (C=O) groups is 1. The first-order chi connectivity index (χ1) is 7.17. The fraction of sp³-hybridized carbons (Fsp3) is 0.417. The summed E-state index contributed by atoms with van der Waals surface area (Å²) in [4.78, 5) is 11.0. The van der Waals surface area contributed by atoms with Crippen LogP contribution in [0, 0.1) is 0 Å². The highest BCUT2D eigenvalue weighted by Crippen LogP contribution is 2.19. The van der Waals surface area contributed by atoms with Crippen LogP contribution in [-0.2, 0) is 4.79 Å². The van der Waals surface area contributed by atoms with E-state index >= 15 is 0 Å². The van der Waals surface area contributed by atoms with Gasteiger partial charge < -0.3 is 10.1 Å². The summed E-state index contributed by atoms with van der Waals surface area (Å²) in [5, 5.41) is 3.13. The monoisotopic (exact) mass is 207 g/mol. The van der Waals surface area contributed by atoms with E-state index in [0.717, 1.165) is 11.3 Å². The summed E-state index contributed by atoms with van der Waals surface area (Å²) in [6.07, 6.45) is 0.517. The minimum absolute atomic E-state index is 0.0911. The number of rotatable bonds is 5. The Kier molecular flexibility index (Phi) is 4.31. The Morgan fingerprint density at radius 3 is 2.40 bits per heavy atom. The number of carbonyl (C=O) groups excluding carboxylic acids is 1. The standard InChI is InChI=1S/C12H17NO2/c1-9(14)8-12(13-2)10-4-6-11(15-3)7-5-10/h4-7,12-13H,8H2,1-3H3/t12-/m0/s1. The Morgan fingerprint density at radius 2 is 2.00 bits per heavy atom. The van der Waals surface area contributed by atoms with Gasteiger partial charge in [0.25, 0.3) is 0 Å². The van der Waals surface area contributed by atoms with Crippen LogP contribution in [0.1, 0.15) is 24.9 Å². The molecule has 0 heterocycles. The third-order valence-corrected chi connectivity index (χ3v) is 2.36. The molecule has 1 aromatic carbocycles. The number of nitrogens with one attached hydrogen (secondary N) is 1. The van der Waals surface area contributed by atoms with E-state index in [4.69, 9.17) is 4.74 Å². The van der Waals surface area contributed by atoms with Crippen LogP contribution >= 0.6 is 0 Å². The van der Waals surface area contributed by atoms with Crippen LogP contribution in [0.3, 0.4) is 0 Å². The van der Waals surface area contributed by atoms with Crippen molar-refractivity contribution < 1.29 is 9.53 Å². The first-order valence-electron chi connectivity index (χ1n) is 4.98. The Bertz CT molecular complexity index is 319. The highest BCUT2D eigenvalue weighted by molar-refractivity contribution is 5.76. The molecule has 1 N–H and O–H groups in total. The third kappa shape index (κ3) is 3.36. The maximum Gasteiger partial charge on any atom is 0.131 e. The summed E-state index contributed by atoms with van der Waals surface area (Å²) in [6.45, 7) is 1.61. The number of Topliss-reactive ketones (excluding diaryl/α,β-unsaturated/α-hetero) is 1. The molecule has 82 valence electrons. The lowest BCUT2D eigenvalue weighted by Crippen LogP contribution is -2.18. The summed E-state index contributed by atoms with van der Waals surface area (Å²) >= 11 is 0. The number of ketones is 1. The van der Waals surface area contributed by atoms with Gasteiger partial charge in [-0.1, -0.05) is 12.1 Å². The summed E-state index contributed by atoms with van der Waals surface area (Å²) in [6, 6.07) is 7.85. The molecule has 0 saturated heterocycles. The van der Waals surface area contributed by atoms with Crippen molar-refractivity contribution in [2.75, 3.05) is 14.2 Å². The molecule has 0 fully saturated rings.